The van der Waals surface area contributed by atoms with E-state index in [4.69, 9.17) is 0 Å². The molecular formula is C15H26N2. The van der Waals surface area contributed by atoms with Gasteiger partial charge in [-0.2, -0.15) is 0 Å². The summed E-state index contributed by atoms with van der Waals surface area (Å²) in [6.45, 7) is 2.84. The van der Waals surface area contributed by atoms with E-state index in [0.29, 0.717) is 0 Å². The molecule has 4 bridgehead atoms. The molecule has 0 spiro atoms. The van der Waals surface area contributed by atoms with Crippen molar-refractivity contribution in [3.63, 3.8) is 0 Å². The molecule has 4 atom stereocenters. The fourth-order valence-corrected chi connectivity index (χ4v) is 5.06. The Hall–Kier alpha value is -0.0800. The number of hydrogen-bond acceptors (Lipinski definition) is 2. The van der Waals surface area contributed by atoms with Crippen molar-refractivity contribution in [1.82, 2.24) is 10.2 Å². The van der Waals surface area contributed by atoms with E-state index in [1.807, 2.05) is 0 Å². The lowest BCUT2D eigenvalue weighted by molar-refractivity contribution is 0.182. The fourth-order valence-electron chi connectivity index (χ4n) is 5.06. The van der Waals surface area contributed by atoms with Crippen LogP contribution in [0.4, 0.5) is 0 Å². The first-order chi connectivity index (χ1) is 8.37. The summed E-state index contributed by atoms with van der Waals surface area (Å²) in [5.41, 5.74) is 0. The molecule has 2 heteroatoms. The molecule has 96 valence electrons. The molecule has 17 heavy (non-hydrogen) atoms. The van der Waals surface area contributed by atoms with Crippen molar-refractivity contribution < 1.29 is 0 Å². The normalized spacial score (nSPS) is 49.1. The summed E-state index contributed by atoms with van der Waals surface area (Å²) in [6, 6.07) is 2.75. The quantitative estimate of drug-likeness (QED) is 0.806. The van der Waals surface area contributed by atoms with Crippen LogP contribution in [-0.4, -0.2) is 36.1 Å². The minimum Gasteiger partial charge on any atom is -0.311 e. The Bertz CT molecular complexity index is 279. The number of likely N-dealkylation sites (tertiary alicyclic amines) is 1. The zero-order valence-electron chi connectivity index (χ0n) is 10.9. The maximum Gasteiger partial charge on any atom is 0.00985 e. The Morgan fingerprint density at radius 2 is 1.76 bits per heavy atom. The molecule has 3 heterocycles. The second-order valence-corrected chi connectivity index (χ2v) is 7.09. The van der Waals surface area contributed by atoms with Crippen LogP contribution in [0.3, 0.4) is 0 Å². The monoisotopic (exact) mass is 234 g/mol. The van der Waals surface area contributed by atoms with E-state index in [1.54, 1.807) is 0 Å². The minimum atomic E-state index is 0.883. The SMILES string of the molecule is C(CN1CC2CCC1C2)C1CC2CCC(C1)N2. The van der Waals surface area contributed by atoms with E-state index < -0.39 is 0 Å². The van der Waals surface area contributed by atoms with Gasteiger partial charge in [-0.15, -0.1) is 0 Å². The average molecular weight is 234 g/mol. The van der Waals surface area contributed by atoms with Gasteiger partial charge < -0.3 is 10.2 Å². The van der Waals surface area contributed by atoms with Crippen molar-refractivity contribution in [2.45, 2.75) is 69.5 Å². The molecule has 3 aliphatic heterocycles. The van der Waals surface area contributed by atoms with Gasteiger partial charge in [0.1, 0.15) is 0 Å². The zero-order valence-corrected chi connectivity index (χ0v) is 10.9. The maximum absolute atomic E-state index is 3.76. The van der Waals surface area contributed by atoms with Crippen LogP contribution >= 0.6 is 0 Å². The highest BCUT2D eigenvalue weighted by atomic mass is 15.2. The Kier molecular flexibility index (Phi) is 2.69. The highest BCUT2D eigenvalue weighted by Gasteiger charge is 2.38. The molecular weight excluding hydrogens is 208 g/mol. The molecule has 4 rings (SSSR count). The number of nitrogens with one attached hydrogen (secondary N) is 1. The van der Waals surface area contributed by atoms with Crippen LogP contribution in [0.2, 0.25) is 0 Å². The molecule has 4 fully saturated rings. The first-order valence-electron chi connectivity index (χ1n) is 7.87. The van der Waals surface area contributed by atoms with Crippen molar-refractivity contribution in [1.29, 1.82) is 0 Å². The van der Waals surface area contributed by atoms with E-state index in [-0.39, 0.29) is 0 Å². The summed E-state index contributed by atoms with van der Waals surface area (Å²) in [4.78, 5) is 2.82. The predicted molar refractivity (Wildman–Crippen MR) is 70.0 cm³/mol. The van der Waals surface area contributed by atoms with Gasteiger partial charge in [0.05, 0.1) is 0 Å². The van der Waals surface area contributed by atoms with Crippen molar-refractivity contribution in [2.75, 3.05) is 13.1 Å². The van der Waals surface area contributed by atoms with Crippen LogP contribution in [-0.2, 0) is 0 Å². The lowest BCUT2D eigenvalue weighted by Crippen LogP contribution is -2.40. The fraction of sp³-hybridized carbons (Fsp3) is 1.00. The summed E-state index contributed by atoms with van der Waals surface area (Å²) in [5, 5.41) is 3.76. The molecule has 3 saturated heterocycles. The molecule has 0 amide bonds. The summed E-state index contributed by atoms with van der Waals surface area (Å²) < 4.78 is 0. The third kappa shape index (κ3) is 2.04. The van der Waals surface area contributed by atoms with Crippen LogP contribution < -0.4 is 5.32 Å². The zero-order chi connectivity index (χ0) is 11.2. The largest absolute Gasteiger partial charge is 0.311 e. The van der Waals surface area contributed by atoms with Crippen LogP contribution in [0.1, 0.15) is 51.4 Å². The highest BCUT2D eigenvalue weighted by Crippen LogP contribution is 2.38. The standard InChI is InChI=1S/C15H26N2/c1-4-15-9-12(1)10-17(15)6-5-11-7-13-2-3-14(8-11)16-13/h11-16H,1-10H2. The van der Waals surface area contributed by atoms with Crippen LogP contribution in [0, 0.1) is 11.8 Å². The lowest BCUT2D eigenvalue weighted by Gasteiger charge is -2.32. The van der Waals surface area contributed by atoms with Crippen molar-refractivity contribution in [3.8, 4) is 0 Å². The Morgan fingerprint density at radius 1 is 0.941 bits per heavy atom. The smallest absolute Gasteiger partial charge is 0.00985 e. The van der Waals surface area contributed by atoms with Crippen LogP contribution in [0.15, 0.2) is 0 Å². The van der Waals surface area contributed by atoms with E-state index in [9.17, 15) is 0 Å². The van der Waals surface area contributed by atoms with Gasteiger partial charge in [-0.05, 0) is 69.7 Å². The molecule has 0 aromatic heterocycles. The van der Waals surface area contributed by atoms with Gasteiger partial charge in [-0.25, -0.2) is 0 Å². The van der Waals surface area contributed by atoms with Crippen molar-refractivity contribution in [2.24, 2.45) is 11.8 Å². The lowest BCUT2D eigenvalue weighted by atomic mass is 9.89. The number of rotatable bonds is 3. The first-order valence-corrected chi connectivity index (χ1v) is 7.87. The molecule has 1 saturated carbocycles. The molecule has 4 aliphatic rings. The van der Waals surface area contributed by atoms with E-state index in [2.05, 4.69) is 10.2 Å². The second kappa shape index (κ2) is 4.24. The Labute approximate surface area is 105 Å². The topological polar surface area (TPSA) is 15.3 Å². The number of nitrogens with zero attached hydrogens (tertiary/aromatic N) is 1. The van der Waals surface area contributed by atoms with Crippen LogP contribution in [0.25, 0.3) is 0 Å². The van der Waals surface area contributed by atoms with Gasteiger partial charge >= 0.3 is 0 Å². The van der Waals surface area contributed by atoms with Gasteiger partial charge in [0.15, 0.2) is 0 Å². The van der Waals surface area contributed by atoms with Crippen molar-refractivity contribution in [3.05, 3.63) is 0 Å². The van der Waals surface area contributed by atoms with Gasteiger partial charge in [0.2, 0.25) is 0 Å². The molecule has 1 N–H and O–H groups in total. The van der Waals surface area contributed by atoms with Gasteiger partial charge in [0.25, 0.3) is 0 Å². The molecule has 0 aromatic carbocycles. The second-order valence-electron chi connectivity index (χ2n) is 7.09. The molecule has 0 aromatic rings. The maximum atomic E-state index is 3.76. The Balaban J connectivity index is 1.28. The average Bonchev–Trinajstić information content (AvgIpc) is 3.02. The summed E-state index contributed by atoms with van der Waals surface area (Å²) in [6.07, 6.45) is 11.9. The van der Waals surface area contributed by atoms with Gasteiger partial charge in [-0.1, -0.05) is 0 Å². The Morgan fingerprint density at radius 3 is 2.41 bits per heavy atom. The molecule has 2 nitrogen and oxygen atoms in total. The highest BCUT2D eigenvalue weighted by molar-refractivity contribution is 4.94. The number of hydrogen-bond donors (Lipinski definition) is 1. The number of piperidine rings is 2. The molecule has 0 radical (unpaired) electrons. The third-order valence-corrected chi connectivity index (χ3v) is 5.92. The summed E-state index contributed by atoms with van der Waals surface area (Å²) >= 11 is 0. The van der Waals surface area contributed by atoms with E-state index in [1.165, 1.54) is 64.5 Å². The predicted octanol–water partition coefficient (Wildman–Crippen LogP) is 2.39. The van der Waals surface area contributed by atoms with Crippen LogP contribution in [0.5, 0.6) is 0 Å². The molecule has 4 unspecified atom stereocenters. The molecule has 1 aliphatic carbocycles. The minimum absolute atomic E-state index is 0.883. The van der Waals surface area contributed by atoms with E-state index >= 15 is 0 Å². The third-order valence-electron chi connectivity index (χ3n) is 5.92. The van der Waals surface area contributed by atoms with Crippen molar-refractivity contribution >= 4 is 0 Å². The summed E-state index contributed by atoms with van der Waals surface area (Å²) in [5.74, 6) is 2.11. The van der Waals surface area contributed by atoms with Gasteiger partial charge in [0, 0.05) is 24.7 Å². The summed E-state index contributed by atoms with van der Waals surface area (Å²) in [7, 11) is 0. The number of fused-ring (bicyclic) bond motifs is 4. The first kappa shape index (κ1) is 10.8. The van der Waals surface area contributed by atoms with Gasteiger partial charge in [-0.3, -0.25) is 0 Å². The van der Waals surface area contributed by atoms with E-state index in [0.717, 1.165) is 30.0 Å².